The van der Waals surface area contributed by atoms with Crippen LogP contribution >= 0.6 is 0 Å². The number of rotatable bonds is 4. The fourth-order valence-corrected chi connectivity index (χ4v) is 4.51. The molecule has 2 fully saturated rings. The second-order valence-electron chi connectivity index (χ2n) is 8.26. The van der Waals surface area contributed by atoms with E-state index in [0.29, 0.717) is 6.42 Å². The zero-order chi connectivity index (χ0) is 20.4. The molecule has 2 heterocycles. The van der Waals surface area contributed by atoms with Crippen molar-refractivity contribution in [3.8, 4) is 0 Å². The minimum Gasteiger partial charge on any atom is -0.340 e. The number of benzene rings is 2. The molecule has 29 heavy (non-hydrogen) atoms. The highest BCUT2D eigenvalue weighted by Gasteiger charge is 2.44. The Morgan fingerprint density at radius 2 is 1.62 bits per heavy atom. The highest BCUT2D eigenvalue weighted by Crippen LogP contribution is 2.38. The number of carbonyl (C=O) groups excluding carboxylic acids is 2. The quantitative estimate of drug-likeness (QED) is 0.805. The molecule has 2 aromatic rings. The minimum absolute atomic E-state index is 0.0524. The van der Waals surface area contributed by atoms with Crippen molar-refractivity contribution in [3.63, 3.8) is 0 Å². The van der Waals surface area contributed by atoms with E-state index in [2.05, 4.69) is 41.3 Å². The smallest absolute Gasteiger partial charge is 0.228 e. The van der Waals surface area contributed by atoms with Gasteiger partial charge in [0.25, 0.3) is 0 Å². The van der Waals surface area contributed by atoms with Crippen molar-refractivity contribution in [2.24, 2.45) is 5.92 Å². The Kier molecular flexibility index (Phi) is 5.67. The molecule has 2 aliphatic heterocycles. The average Bonchev–Trinajstić information content (AvgIpc) is 3.04. The molecule has 0 unspecified atom stereocenters. The minimum atomic E-state index is -0.295. The molecule has 2 aromatic carbocycles. The zero-order valence-corrected chi connectivity index (χ0v) is 17.3. The van der Waals surface area contributed by atoms with E-state index < -0.39 is 0 Å². The number of hydrogen-bond donors (Lipinski definition) is 0. The second-order valence-corrected chi connectivity index (χ2v) is 8.26. The van der Waals surface area contributed by atoms with Gasteiger partial charge in [0.2, 0.25) is 11.8 Å². The monoisotopic (exact) mass is 391 g/mol. The predicted octanol–water partition coefficient (Wildman–Crippen LogP) is 2.86. The summed E-state index contributed by atoms with van der Waals surface area (Å²) in [4.78, 5) is 31.9. The summed E-state index contributed by atoms with van der Waals surface area (Å²) >= 11 is 0. The first-order chi connectivity index (χ1) is 14.0. The van der Waals surface area contributed by atoms with Crippen LogP contribution in [0, 0.1) is 12.8 Å². The Hall–Kier alpha value is -2.66. The maximum Gasteiger partial charge on any atom is 0.228 e. The molecule has 5 nitrogen and oxygen atoms in total. The van der Waals surface area contributed by atoms with Gasteiger partial charge in [-0.25, -0.2) is 0 Å². The van der Waals surface area contributed by atoms with E-state index in [-0.39, 0.29) is 23.8 Å². The van der Waals surface area contributed by atoms with Gasteiger partial charge < -0.3 is 9.80 Å². The van der Waals surface area contributed by atoms with Gasteiger partial charge in [-0.1, -0.05) is 60.2 Å². The molecular formula is C24H29N3O2. The van der Waals surface area contributed by atoms with Crippen LogP contribution in [0.1, 0.15) is 29.2 Å². The van der Waals surface area contributed by atoms with E-state index in [1.54, 1.807) is 4.90 Å². The molecule has 2 atom stereocenters. The summed E-state index contributed by atoms with van der Waals surface area (Å²) in [5.74, 6) is -0.125. The molecule has 0 bridgehead atoms. The van der Waals surface area contributed by atoms with Crippen LogP contribution in [0.5, 0.6) is 0 Å². The fourth-order valence-electron chi connectivity index (χ4n) is 4.51. The molecule has 5 heteroatoms. The Morgan fingerprint density at radius 3 is 2.28 bits per heavy atom. The van der Waals surface area contributed by atoms with Gasteiger partial charge in [0.05, 0.1) is 12.0 Å². The van der Waals surface area contributed by atoms with Crippen molar-refractivity contribution in [3.05, 3.63) is 71.3 Å². The summed E-state index contributed by atoms with van der Waals surface area (Å²) in [6, 6.07) is 18.5. The van der Waals surface area contributed by atoms with Gasteiger partial charge in [-0.2, -0.15) is 0 Å². The Balaban J connectivity index is 1.42. The van der Waals surface area contributed by atoms with Gasteiger partial charge in [0.15, 0.2) is 0 Å². The Bertz CT molecular complexity index is 857. The lowest BCUT2D eigenvalue weighted by Crippen LogP contribution is -2.50. The van der Waals surface area contributed by atoms with Gasteiger partial charge >= 0.3 is 0 Å². The molecule has 0 aromatic heterocycles. The summed E-state index contributed by atoms with van der Waals surface area (Å²) in [5.41, 5.74) is 3.53. The first-order valence-corrected chi connectivity index (χ1v) is 10.4. The lowest BCUT2D eigenvalue weighted by molar-refractivity contribution is -0.138. The molecule has 0 aliphatic carbocycles. The summed E-state index contributed by atoms with van der Waals surface area (Å²) in [5, 5.41) is 0. The largest absolute Gasteiger partial charge is 0.340 e. The van der Waals surface area contributed by atoms with Crippen LogP contribution in [0.2, 0.25) is 0 Å². The SMILES string of the molecule is Cc1ccc([C@@H]2[C@H](C(=O)N3CCN(Cc4ccccc4)CC3)CC(=O)N2C)cc1. The van der Waals surface area contributed by atoms with Gasteiger partial charge in [0.1, 0.15) is 0 Å². The third-order valence-electron chi connectivity index (χ3n) is 6.26. The molecule has 0 spiro atoms. The molecule has 0 N–H and O–H groups in total. The van der Waals surface area contributed by atoms with Crippen molar-refractivity contribution in [2.45, 2.75) is 25.9 Å². The molecular weight excluding hydrogens is 362 g/mol. The summed E-state index contributed by atoms with van der Waals surface area (Å²) in [7, 11) is 1.82. The molecule has 0 radical (unpaired) electrons. The number of aryl methyl sites for hydroxylation is 1. The first-order valence-electron chi connectivity index (χ1n) is 10.4. The average molecular weight is 392 g/mol. The van der Waals surface area contributed by atoms with Crippen LogP contribution in [-0.2, 0) is 16.1 Å². The molecule has 4 rings (SSSR count). The van der Waals surface area contributed by atoms with E-state index in [1.165, 1.54) is 11.1 Å². The lowest BCUT2D eigenvalue weighted by atomic mass is 9.91. The van der Waals surface area contributed by atoms with Gasteiger partial charge in [0, 0.05) is 46.2 Å². The highest BCUT2D eigenvalue weighted by molar-refractivity contribution is 5.90. The van der Waals surface area contributed by atoms with Crippen molar-refractivity contribution >= 4 is 11.8 Å². The molecule has 2 amide bonds. The van der Waals surface area contributed by atoms with Crippen LogP contribution in [0.3, 0.4) is 0 Å². The maximum absolute atomic E-state index is 13.3. The van der Waals surface area contributed by atoms with E-state index in [9.17, 15) is 9.59 Å². The number of piperazine rings is 1. The van der Waals surface area contributed by atoms with Crippen molar-refractivity contribution in [1.82, 2.24) is 14.7 Å². The third-order valence-corrected chi connectivity index (χ3v) is 6.26. The molecule has 2 aliphatic rings. The zero-order valence-electron chi connectivity index (χ0n) is 17.3. The van der Waals surface area contributed by atoms with E-state index in [4.69, 9.17) is 0 Å². The van der Waals surface area contributed by atoms with E-state index in [0.717, 1.165) is 38.3 Å². The van der Waals surface area contributed by atoms with Crippen molar-refractivity contribution in [1.29, 1.82) is 0 Å². The predicted molar refractivity (Wildman–Crippen MR) is 113 cm³/mol. The number of likely N-dealkylation sites (tertiary alicyclic amines) is 1. The van der Waals surface area contributed by atoms with Crippen molar-refractivity contribution < 1.29 is 9.59 Å². The summed E-state index contributed by atoms with van der Waals surface area (Å²) in [6.45, 7) is 6.14. The van der Waals surface area contributed by atoms with Crippen LogP contribution in [0.4, 0.5) is 0 Å². The number of hydrogen-bond acceptors (Lipinski definition) is 3. The van der Waals surface area contributed by atoms with Crippen molar-refractivity contribution in [2.75, 3.05) is 33.2 Å². The summed E-state index contributed by atoms with van der Waals surface area (Å²) < 4.78 is 0. The van der Waals surface area contributed by atoms with Crippen LogP contribution < -0.4 is 0 Å². The van der Waals surface area contributed by atoms with E-state index >= 15 is 0 Å². The topological polar surface area (TPSA) is 43.9 Å². The number of carbonyl (C=O) groups is 2. The Morgan fingerprint density at radius 1 is 0.966 bits per heavy atom. The van der Waals surface area contributed by atoms with Gasteiger partial charge in [-0.3, -0.25) is 14.5 Å². The molecule has 0 saturated carbocycles. The number of amides is 2. The summed E-state index contributed by atoms with van der Waals surface area (Å²) in [6.07, 6.45) is 0.304. The van der Waals surface area contributed by atoms with Crippen LogP contribution in [-0.4, -0.2) is 59.7 Å². The van der Waals surface area contributed by atoms with Crippen LogP contribution in [0.25, 0.3) is 0 Å². The van der Waals surface area contributed by atoms with Gasteiger partial charge in [-0.05, 0) is 18.1 Å². The first kappa shape index (κ1) is 19.6. The lowest BCUT2D eigenvalue weighted by Gasteiger charge is -2.37. The number of nitrogens with zero attached hydrogens (tertiary/aromatic N) is 3. The normalized spacial score (nSPS) is 22.9. The fraction of sp³-hybridized carbons (Fsp3) is 0.417. The highest BCUT2D eigenvalue weighted by atomic mass is 16.2. The standard InChI is InChI=1S/C24H29N3O2/c1-18-8-10-20(11-9-18)23-21(16-22(28)25(23)2)24(29)27-14-12-26(13-15-27)17-19-6-4-3-5-7-19/h3-11,21,23H,12-17H2,1-2H3/t21-,23-/m1/s1. The third kappa shape index (κ3) is 4.20. The molecule has 152 valence electrons. The van der Waals surface area contributed by atoms with E-state index in [1.807, 2.05) is 37.1 Å². The van der Waals surface area contributed by atoms with Crippen LogP contribution in [0.15, 0.2) is 54.6 Å². The Labute approximate surface area is 172 Å². The second kappa shape index (κ2) is 8.37. The maximum atomic E-state index is 13.3. The molecule has 2 saturated heterocycles. The van der Waals surface area contributed by atoms with Gasteiger partial charge in [-0.15, -0.1) is 0 Å².